The molecule has 1 aromatic rings. The molecule has 0 bridgehead atoms. The van der Waals surface area contributed by atoms with Gasteiger partial charge in [-0.2, -0.15) is 5.10 Å². The van der Waals surface area contributed by atoms with Gasteiger partial charge in [0.15, 0.2) is 0 Å². The summed E-state index contributed by atoms with van der Waals surface area (Å²) >= 11 is 3.47. The highest BCUT2D eigenvalue weighted by Gasteiger charge is 2.27. The number of halogens is 1. The zero-order chi connectivity index (χ0) is 11.7. The molecule has 1 unspecified atom stereocenters. The van der Waals surface area contributed by atoms with Crippen molar-refractivity contribution in [1.29, 1.82) is 0 Å². The van der Waals surface area contributed by atoms with Crippen LogP contribution >= 0.6 is 15.9 Å². The van der Waals surface area contributed by atoms with Crippen LogP contribution < -0.4 is 0 Å². The van der Waals surface area contributed by atoms with E-state index in [-0.39, 0.29) is 5.91 Å². The van der Waals surface area contributed by atoms with Crippen LogP contribution in [0, 0.1) is 12.8 Å². The molecule has 4 nitrogen and oxygen atoms in total. The molecule has 1 fully saturated rings. The van der Waals surface area contributed by atoms with Crippen LogP contribution in [-0.2, 0) is 7.05 Å². The van der Waals surface area contributed by atoms with Crippen molar-refractivity contribution in [3.63, 3.8) is 0 Å². The lowest BCUT2D eigenvalue weighted by molar-refractivity contribution is 0.0777. The van der Waals surface area contributed by atoms with Crippen molar-refractivity contribution >= 4 is 21.8 Å². The fourth-order valence-electron chi connectivity index (χ4n) is 2.12. The fourth-order valence-corrected chi connectivity index (χ4v) is 2.64. The monoisotopic (exact) mass is 285 g/mol. The van der Waals surface area contributed by atoms with Crippen LogP contribution in [0.25, 0.3) is 0 Å². The van der Waals surface area contributed by atoms with Crippen LogP contribution in [0.2, 0.25) is 0 Å². The maximum Gasteiger partial charge on any atom is 0.272 e. The number of carbonyl (C=O) groups excluding carboxylic acids is 1. The smallest absolute Gasteiger partial charge is 0.272 e. The number of hydrogen-bond donors (Lipinski definition) is 0. The van der Waals surface area contributed by atoms with E-state index >= 15 is 0 Å². The lowest BCUT2D eigenvalue weighted by Crippen LogP contribution is -2.30. The topological polar surface area (TPSA) is 38.1 Å². The summed E-state index contributed by atoms with van der Waals surface area (Å²) in [7, 11) is 1.82. The third kappa shape index (κ3) is 2.14. The third-order valence-corrected chi connectivity index (χ3v) is 3.93. The molecule has 2 rings (SSSR count). The molecule has 0 aliphatic carbocycles. The van der Waals surface area contributed by atoms with E-state index in [9.17, 15) is 4.79 Å². The van der Waals surface area contributed by atoms with E-state index in [2.05, 4.69) is 21.0 Å². The molecule has 1 aliphatic rings. The SMILES string of the molecule is Cc1cc(C(=O)N2CCC(CBr)C2)n(C)n1. The maximum atomic E-state index is 12.2. The van der Waals surface area contributed by atoms with E-state index < -0.39 is 0 Å². The molecule has 5 heteroatoms. The molecule has 88 valence electrons. The Hall–Kier alpha value is -0.840. The van der Waals surface area contributed by atoms with Gasteiger partial charge in [0.05, 0.1) is 5.69 Å². The third-order valence-electron chi connectivity index (χ3n) is 3.01. The second kappa shape index (κ2) is 4.57. The molecule has 0 N–H and O–H groups in total. The second-order valence-corrected chi connectivity index (χ2v) is 5.00. The normalized spacial score (nSPS) is 20.4. The molecule has 1 saturated heterocycles. The van der Waals surface area contributed by atoms with Crippen molar-refractivity contribution in [3.05, 3.63) is 17.5 Å². The van der Waals surface area contributed by atoms with Gasteiger partial charge in [0.2, 0.25) is 0 Å². The number of aromatic nitrogens is 2. The molecule has 0 radical (unpaired) electrons. The van der Waals surface area contributed by atoms with Crippen molar-refractivity contribution in [2.24, 2.45) is 13.0 Å². The van der Waals surface area contributed by atoms with Crippen molar-refractivity contribution in [2.45, 2.75) is 13.3 Å². The fraction of sp³-hybridized carbons (Fsp3) is 0.636. The summed E-state index contributed by atoms with van der Waals surface area (Å²) in [6.07, 6.45) is 1.09. The number of rotatable bonds is 2. The minimum absolute atomic E-state index is 0.103. The summed E-state index contributed by atoms with van der Waals surface area (Å²) in [5.74, 6) is 0.699. The summed E-state index contributed by atoms with van der Waals surface area (Å²) in [6, 6.07) is 1.85. The maximum absolute atomic E-state index is 12.2. The highest BCUT2D eigenvalue weighted by atomic mass is 79.9. The number of amides is 1. The zero-order valence-electron chi connectivity index (χ0n) is 9.61. The number of aryl methyl sites for hydroxylation is 2. The standard InChI is InChI=1S/C11H16BrN3O/c1-8-5-10(14(2)13-8)11(16)15-4-3-9(6-12)7-15/h5,9H,3-4,6-7H2,1-2H3. The number of nitrogens with zero attached hydrogens (tertiary/aromatic N) is 3. The Morgan fingerprint density at radius 2 is 2.44 bits per heavy atom. The largest absolute Gasteiger partial charge is 0.337 e. The molecule has 0 aromatic carbocycles. The Bertz CT molecular complexity index is 402. The molecule has 0 spiro atoms. The van der Waals surface area contributed by atoms with E-state index in [1.807, 2.05) is 24.9 Å². The van der Waals surface area contributed by atoms with Crippen molar-refractivity contribution in [2.75, 3.05) is 18.4 Å². The molecule has 0 saturated carbocycles. The van der Waals surface area contributed by atoms with Gasteiger partial charge in [-0.15, -0.1) is 0 Å². The predicted octanol–water partition coefficient (Wildman–Crippen LogP) is 1.59. The van der Waals surface area contributed by atoms with Gasteiger partial charge in [-0.05, 0) is 25.3 Å². The number of alkyl halides is 1. The summed E-state index contributed by atoms with van der Waals surface area (Å²) < 4.78 is 1.67. The predicted molar refractivity (Wildman–Crippen MR) is 65.7 cm³/mol. The molecule has 1 amide bonds. The van der Waals surface area contributed by atoms with Crippen LogP contribution in [0.1, 0.15) is 22.6 Å². The van der Waals surface area contributed by atoms with Crippen molar-refractivity contribution in [3.8, 4) is 0 Å². The van der Waals surface area contributed by atoms with Crippen LogP contribution in [-0.4, -0.2) is 39.0 Å². The van der Waals surface area contributed by atoms with E-state index in [0.717, 1.165) is 30.5 Å². The molecule has 2 heterocycles. The molecule has 1 aromatic heterocycles. The average molecular weight is 286 g/mol. The van der Waals surface area contributed by atoms with Gasteiger partial charge in [0.25, 0.3) is 5.91 Å². The van der Waals surface area contributed by atoms with E-state index in [1.54, 1.807) is 4.68 Å². The summed E-state index contributed by atoms with van der Waals surface area (Å²) in [5.41, 5.74) is 1.58. The molecule has 1 atom stereocenters. The van der Waals surface area contributed by atoms with Gasteiger partial charge in [0.1, 0.15) is 5.69 Å². The number of likely N-dealkylation sites (tertiary alicyclic amines) is 1. The Kier molecular flexibility index (Phi) is 3.33. The average Bonchev–Trinajstić information content (AvgIpc) is 2.84. The van der Waals surface area contributed by atoms with Gasteiger partial charge in [0, 0.05) is 25.5 Å². The first-order valence-electron chi connectivity index (χ1n) is 5.47. The first kappa shape index (κ1) is 11.6. The minimum atomic E-state index is 0.103. The summed E-state index contributed by atoms with van der Waals surface area (Å²) in [5, 5.41) is 5.18. The second-order valence-electron chi connectivity index (χ2n) is 4.35. The van der Waals surface area contributed by atoms with Crippen LogP contribution in [0.5, 0.6) is 0 Å². The van der Waals surface area contributed by atoms with Crippen LogP contribution in [0.3, 0.4) is 0 Å². The summed E-state index contributed by atoms with van der Waals surface area (Å²) in [6.45, 7) is 3.62. The van der Waals surface area contributed by atoms with Gasteiger partial charge in [-0.25, -0.2) is 0 Å². The molecular formula is C11H16BrN3O. The van der Waals surface area contributed by atoms with E-state index in [0.29, 0.717) is 11.6 Å². The lowest BCUT2D eigenvalue weighted by atomic mass is 10.2. The van der Waals surface area contributed by atoms with Crippen LogP contribution in [0.15, 0.2) is 6.07 Å². The van der Waals surface area contributed by atoms with Crippen LogP contribution in [0.4, 0.5) is 0 Å². The molecular weight excluding hydrogens is 270 g/mol. The molecule has 1 aliphatic heterocycles. The Balaban J connectivity index is 2.11. The summed E-state index contributed by atoms with van der Waals surface area (Å²) in [4.78, 5) is 14.1. The van der Waals surface area contributed by atoms with E-state index in [4.69, 9.17) is 0 Å². The van der Waals surface area contributed by atoms with Gasteiger partial charge >= 0.3 is 0 Å². The quantitative estimate of drug-likeness (QED) is 0.774. The number of carbonyl (C=O) groups is 1. The molecule has 16 heavy (non-hydrogen) atoms. The van der Waals surface area contributed by atoms with Gasteiger partial charge < -0.3 is 4.90 Å². The lowest BCUT2D eigenvalue weighted by Gasteiger charge is -2.15. The van der Waals surface area contributed by atoms with Gasteiger partial charge in [-0.1, -0.05) is 15.9 Å². The first-order chi connectivity index (χ1) is 7.61. The van der Waals surface area contributed by atoms with Crippen molar-refractivity contribution < 1.29 is 4.79 Å². The number of hydrogen-bond acceptors (Lipinski definition) is 2. The van der Waals surface area contributed by atoms with E-state index in [1.165, 1.54) is 0 Å². The highest BCUT2D eigenvalue weighted by molar-refractivity contribution is 9.09. The van der Waals surface area contributed by atoms with Gasteiger partial charge in [-0.3, -0.25) is 9.48 Å². The Morgan fingerprint density at radius 1 is 1.69 bits per heavy atom. The first-order valence-corrected chi connectivity index (χ1v) is 6.60. The Morgan fingerprint density at radius 3 is 2.94 bits per heavy atom. The minimum Gasteiger partial charge on any atom is -0.337 e. The van der Waals surface area contributed by atoms with Crippen molar-refractivity contribution in [1.82, 2.24) is 14.7 Å². The Labute approximate surface area is 104 Å². The highest BCUT2D eigenvalue weighted by Crippen LogP contribution is 2.20. The zero-order valence-corrected chi connectivity index (χ0v) is 11.2.